The van der Waals surface area contributed by atoms with Gasteiger partial charge < -0.3 is 4.74 Å². The summed E-state index contributed by atoms with van der Waals surface area (Å²) in [6, 6.07) is 0. The van der Waals surface area contributed by atoms with Crippen molar-refractivity contribution in [3.63, 3.8) is 0 Å². The lowest BCUT2D eigenvalue weighted by molar-refractivity contribution is -0.135. The molecule has 0 aromatic rings. The molecule has 0 rings (SSSR count). The summed E-state index contributed by atoms with van der Waals surface area (Å²) >= 11 is 0. The topological polar surface area (TPSA) is 43.4 Å². The van der Waals surface area contributed by atoms with Crippen LogP contribution in [-0.2, 0) is 14.3 Å². The van der Waals surface area contributed by atoms with Crippen molar-refractivity contribution in [2.24, 2.45) is 0 Å². The SMILES string of the molecule is CCCCC/C(C=O)=C\C(=O)OC. The highest BCUT2D eigenvalue weighted by Crippen LogP contribution is 2.06. The van der Waals surface area contributed by atoms with E-state index >= 15 is 0 Å². The number of carbonyl (C=O) groups is 2. The maximum atomic E-state index is 10.8. The van der Waals surface area contributed by atoms with Gasteiger partial charge in [0.2, 0.25) is 0 Å². The Kier molecular flexibility index (Phi) is 6.88. The maximum absolute atomic E-state index is 10.8. The first-order valence-corrected chi connectivity index (χ1v) is 4.48. The number of ether oxygens (including phenoxy) is 1. The molecule has 0 heterocycles. The summed E-state index contributed by atoms with van der Waals surface area (Å²) in [7, 11) is 1.30. The number of unbranched alkanes of at least 4 members (excludes halogenated alkanes) is 2. The van der Waals surface area contributed by atoms with Crippen molar-refractivity contribution in [3.05, 3.63) is 11.6 Å². The number of aldehydes is 1. The third-order valence-corrected chi connectivity index (χ3v) is 1.72. The average Bonchev–Trinajstić information content (AvgIpc) is 2.16. The van der Waals surface area contributed by atoms with E-state index in [1.807, 2.05) is 0 Å². The van der Waals surface area contributed by atoms with Crippen molar-refractivity contribution in [2.75, 3.05) is 7.11 Å². The summed E-state index contributed by atoms with van der Waals surface area (Å²) in [5, 5.41) is 0. The summed E-state index contributed by atoms with van der Waals surface area (Å²) in [5.41, 5.74) is 0.514. The Bertz CT molecular complexity index is 194. The molecule has 0 aliphatic heterocycles. The molecule has 0 unspecified atom stereocenters. The van der Waals surface area contributed by atoms with Gasteiger partial charge in [0, 0.05) is 6.08 Å². The second-order valence-electron chi connectivity index (χ2n) is 2.82. The van der Waals surface area contributed by atoms with Crippen LogP contribution in [0, 0.1) is 0 Å². The molecule has 0 saturated carbocycles. The van der Waals surface area contributed by atoms with Crippen LogP contribution in [0.4, 0.5) is 0 Å². The minimum atomic E-state index is -0.460. The lowest BCUT2D eigenvalue weighted by Crippen LogP contribution is -1.98. The molecule has 0 aromatic carbocycles. The smallest absolute Gasteiger partial charge is 0.330 e. The molecule has 0 atom stereocenters. The minimum Gasteiger partial charge on any atom is -0.466 e. The van der Waals surface area contributed by atoms with E-state index < -0.39 is 5.97 Å². The Morgan fingerprint density at radius 3 is 2.54 bits per heavy atom. The number of hydrogen-bond donors (Lipinski definition) is 0. The zero-order chi connectivity index (χ0) is 10.1. The number of rotatable bonds is 6. The fourth-order valence-corrected chi connectivity index (χ4v) is 0.955. The van der Waals surface area contributed by atoms with Crippen molar-refractivity contribution in [3.8, 4) is 0 Å². The van der Waals surface area contributed by atoms with E-state index in [2.05, 4.69) is 11.7 Å². The highest BCUT2D eigenvalue weighted by molar-refractivity contribution is 5.89. The van der Waals surface area contributed by atoms with E-state index in [1.165, 1.54) is 13.2 Å². The van der Waals surface area contributed by atoms with Crippen molar-refractivity contribution in [1.29, 1.82) is 0 Å². The van der Waals surface area contributed by atoms with Gasteiger partial charge in [-0.2, -0.15) is 0 Å². The number of allylic oxidation sites excluding steroid dienone is 1. The van der Waals surface area contributed by atoms with E-state index in [-0.39, 0.29) is 0 Å². The van der Waals surface area contributed by atoms with Gasteiger partial charge in [-0.3, -0.25) is 4.79 Å². The predicted octanol–water partition coefficient (Wildman–Crippen LogP) is 1.86. The van der Waals surface area contributed by atoms with Crippen LogP contribution in [0.5, 0.6) is 0 Å². The predicted molar refractivity (Wildman–Crippen MR) is 50.3 cm³/mol. The second kappa shape index (κ2) is 7.53. The number of esters is 1. The lowest BCUT2D eigenvalue weighted by atomic mass is 10.1. The van der Waals surface area contributed by atoms with Crippen molar-refractivity contribution in [2.45, 2.75) is 32.6 Å². The number of carbonyl (C=O) groups excluding carboxylic acids is 2. The van der Waals surface area contributed by atoms with Crippen LogP contribution in [-0.4, -0.2) is 19.4 Å². The molecule has 0 N–H and O–H groups in total. The molecule has 74 valence electrons. The Morgan fingerprint density at radius 2 is 2.08 bits per heavy atom. The van der Waals surface area contributed by atoms with Crippen LogP contribution < -0.4 is 0 Å². The molecule has 0 aliphatic rings. The zero-order valence-corrected chi connectivity index (χ0v) is 8.21. The van der Waals surface area contributed by atoms with Gasteiger partial charge in [-0.1, -0.05) is 19.8 Å². The summed E-state index contributed by atoms with van der Waals surface area (Å²) < 4.78 is 4.41. The van der Waals surface area contributed by atoms with E-state index in [0.717, 1.165) is 19.3 Å². The van der Waals surface area contributed by atoms with Crippen molar-refractivity contribution >= 4 is 12.3 Å². The fraction of sp³-hybridized carbons (Fsp3) is 0.600. The normalized spacial score (nSPS) is 11.1. The van der Waals surface area contributed by atoms with Crippen molar-refractivity contribution < 1.29 is 14.3 Å². The molecule has 0 bridgehead atoms. The summed E-state index contributed by atoms with van der Waals surface area (Å²) in [6.45, 7) is 2.09. The Morgan fingerprint density at radius 1 is 1.38 bits per heavy atom. The van der Waals surface area contributed by atoms with Crippen LogP contribution in [0.3, 0.4) is 0 Å². The molecule has 0 spiro atoms. The van der Waals surface area contributed by atoms with Crippen LogP contribution in [0.1, 0.15) is 32.6 Å². The standard InChI is InChI=1S/C10H16O3/c1-3-4-5-6-9(8-11)7-10(12)13-2/h7-8H,3-6H2,1-2H3/b9-7+. The van der Waals surface area contributed by atoms with Gasteiger partial charge in [-0.05, 0) is 18.4 Å². The van der Waals surface area contributed by atoms with Gasteiger partial charge in [0.15, 0.2) is 0 Å². The van der Waals surface area contributed by atoms with Gasteiger partial charge in [-0.15, -0.1) is 0 Å². The highest BCUT2D eigenvalue weighted by atomic mass is 16.5. The van der Waals surface area contributed by atoms with Crippen LogP contribution in [0.15, 0.2) is 11.6 Å². The number of hydrogen-bond acceptors (Lipinski definition) is 3. The molecule has 0 fully saturated rings. The van der Waals surface area contributed by atoms with Gasteiger partial charge in [0.1, 0.15) is 6.29 Å². The van der Waals surface area contributed by atoms with E-state index in [1.54, 1.807) is 0 Å². The highest BCUT2D eigenvalue weighted by Gasteiger charge is 2.00. The van der Waals surface area contributed by atoms with Crippen LogP contribution >= 0.6 is 0 Å². The third kappa shape index (κ3) is 6.08. The quantitative estimate of drug-likeness (QED) is 0.274. The first-order chi connectivity index (χ1) is 6.24. The Labute approximate surface area is 78.8 Å². The molecular formula is C10H16O3. The summed E-state index contributed by atoms with van der Waals surface area (Å²) in [5.74, 6) is -0.460. The fourth-order valence-electron chi connectivity index (χ4n) is 0.955. The van der Waals surface area contributed by atoms with E-state index in [4.69, 9.17) is 0 Å². The van der Waals surface area contributed by atoms with Crippen LogP contribution in [0.2, 0.25) is 0 Å². The molecule has 0 aromatic heterocycles. The monoisotopic (exact) mass is 184 g/mol. The lowest BCUT2D eigenvalue weighted by Gasteiger charge is -1.98. The summed E-state index contributed by atoms with van der Waals surface area (Å²) in [4.78, 5) is 21.2. The van der Waals surface area contributed by atoms with Gasteiger partial charge in [0.05, 0.1) is 7.11 Å². The number of methoxy groups -OCH3 is 1. The molecule has 13 heavy (non-hydrogen) atoms. The Balaban J connectivity index is 3.94. The molecule has 0 amide bonds. The molecule has 3 nitrogen and oxygen atoms in total. The first-order valence-electron chi connectivity index (χ1n) is 4.48. The Hall–Kier alpha value is -1.12. The van der Waals surface area contributed by atoms with E-state index in [0.29, 0.717) is 18.3 Å². The maximum Gasteiger partial charge on any atom is 0.330 e. The third-order valence-electron chi connectivity index (χ3n) is 1.72. The minimum absolute atomic E-state index is 0.460. The first kappa shape index (κ1) is 11.9. The van der Waals surface area contributed by atoms with Gasteiger partial charge >= 0.3 is 5.97 Å². The summed E-state index contributed by atoms with van der Waals surface area (Å²) in [6.07, 6.45) is 5.75. The molecule has 0 saturated heterocycles. The molecule has 0 aliphatic carbocycles. The largest absolute Gasteiger partial charge is 0.466 e. The van der Waals surface area contributed by atoms with Crippen LogP contribution in [0.25, 0.3) is 0 Å². The zero-order valence-electron chi connectivity index (χ0n) is 8.21. The average molecular weight is 184 g/mol. The van der Waals surface area contributed by atoms with E-state index in [9.17, 15) is 9.59 Å². The van der Waals surface area contributed by atoms with Gasteiger partial charge in [-0.25, -0.2) is 4.79 Å². The second-order valence-corrected chi connectivity index (χ2v) is 2.82. The molecular weight excluding hydrogens is 168 g/mol. The van der Waals surface area contributed by atoms with Crippen molar-refractivity contribution in [1.82, 2.24) is 0 Å². The van der Waals surface area contributed by atoms with Gasteiger partial charge in [0.25, 0.3) is 0 Å². The molecule has 3 heteroatoms. The molecule has 0 radical (unpaired) electrons.